The van der Waals surface area contributed by atoms with E-state index in [-0.39, 0.29) is 10.6 Å². The van der Waals surface area contributed by atoms with E-state index in [4.69, 9.17) is 0 Å². The Hall–Kier alpha value is -2.15. The average molecular weight is 278 g/mol. The van der Waals surface area contributed by atoms with Crippen LogP contribution in [0.15, 0.2) is 29.8 Å². The summed E-state index contributed by atoms with van der Waals surface area (Å²) in [4.78, 5) is 14.9. The molecule has 0 atom stereocenters. The van der Waals surface area contributed by atoms with E-state index in [1.54, 1.807) is 42.8 Å². The minimum absolute atomic E-state index is 0.0733. The molecule has 0 fully saturated rings. The second-order valence-corrected chi connectivity index (χ2v) is 4.79. The maximum absolute atomic E-state index is 11.1. The van der Waals surface area contributed by atoms with Gasteiger partial charge in [0.25, 0.3) is 0 Å². The molecule has 6 nitrogen and oxygen atoms in total. The Labute approximate surface area is 114 Å². The van der Waals surface area contributed by atoms with Gasteiger partial charge in [0.15, 0.2) is 0 Å². The minimum Gasteiger partial charge on any atom is -0.382 e. The van der Waals surface area contributed by atoms with Crippen molar-refractivity contribution in [3.8, 4) is 0 Å². The largest absolute Gasteiger partial charge is 0.382 e. The molecule has 0 radical (unpaired) electrons. The van der Waals surface area contributed by atoms with Crippen LogP contribution in [0.3, 0.4) is 0 Å². The first kappa shape index (κ1) is 13.3. The number of hydrogen-bond donors (Lipinski definition) is 2. The van der Waals surface area contributed by atoms with E-state index in [0.717, 1.165) is 11.4 Å². The lowest BCUT2D eigenvalue weighted by atomic mass is 10.2. The van der Waals surface area contributed by atoms with Crippen molar-refractivity contribution in [1.82, 2.24) is 4.98 Å². The summed E-state index contributed by atoms with van der Waals surface area (Å²) in [5.41, 5.74) is 1.10. The van der Waals surface area contributed by atoms with Gasteiger partial charge in [0, 0.05) is 31.6 Å². The number of hydrogen-bond acceptors (Lipinski definition) is 6. The van der Waals surface area contributed by atoms with Gasteiger partial charge < -0.3 is 10.6 Å². The molecular formula is C12H14N4O2S. The van der Waals surface area contributed by atoms with Gasteiger partial charge in [-0.05, 0) is 12.1 Å². The van der Waals surface area contributed by atoms with Gasteiger partial charge in [-0.25, -0.2) is 4.98 Å². The summed E-state index contributed by atoms with van der Waals surface area (Å²) >= 11 is 1.58. The van der Waals surface area contributed by atoms with Crippen molar-refractivity contribution in [2.45, 2.75) is 6.42 Å². The maximum Gasteiger partial charge on any atom is 0.315 e. The van der Waals surface area contributed by atoms with E-state index in [1.807, 2.05) is 5.38 Å². The fourth-order valence-electron chi connectivity index (χ4n) is 1.77. The molecule has 0 unspecified atom stereocenters. The van der Waals surface area contributed by atoms with Crippen LogP contribution < -0.4 is 10.6 Å². The standard InChI is InChI=1S/C12H14N4O2S/c1-13-9-3-2-4-10(12(9)16(17)18)14-6-5-11-15-7-8-19-11/h2-4,7-8,13-14H,5-6H2,1H3. The van der Waals surface area contributed by atoms with Gasteiger partial charge in [-0.2, -0.15) is 0 Å². The van der Waals surface area contributed by atoms with Gasteiger partial charge in [0.2, 0.25) is 0 Å². The van der Waals surface area contributed by atoms with Gasteiger partial charge in [-0.1, -0.05) is 6.07 Å². The molecule has 19 heavy (non-hydrogen) atoms. The molecule has 1 aromatic carbocycles. The Morgan fingerprint density at radius 1 is 1.42 bits per heavy atom. The summed E-state index contributed by atoms with van der Waals surface area (Å²) in [5, 5.41) is 20.0. The van der Waals surface area contributed by atoms with E-state index in [1.165, 1.54) is 0 Å². The van der Waals surface area contributed by atoms with Crippen molar-refractivity contribution in [2.24, 2.45) is 0 Å². The molecule has 1 aromatic heterocycles. The van der Waals surface area contributed by atoms with Crippen molar-refractivity contribution in [1.29, 1.82) is 0 Å². The Bertz CT molecular complexity index is 557. The minimum atomic E-state index is -0.377. The maximum atomic E-state index is 11.1. The highest BCUT2D eigenvalue weighted by molar-refractivity contribution is 7.09. The molecule has 0 aliphatic rings. The van der Waals surface area contributed by atoms with Crippen LogP contribution in [-0.4, -0.2) is 23.5 Å². The zero-order valence-corrected chi connectivity index (χ0v) is 11.2. The lowest BCUT2D eigenvalue weighted by Crippen LogP contribution is -2.08. The predicted molar refractivity (Wildman–Crippen MR) is 77.0 cm³/mol. The summed E-state index contributed by atoms with van der Waals surface area (Å²) < 4.78 is 0. The highest BCUT2D eigenvalue weighted by Crippen LogP contribution is 2.32. The normalized spacial score (nSPS) is 10.2. The van der Waals surface area contributed by atoms with Crippen LogP contribution in [0, 0.1) is 10.1 Å². The number of para-hydroxylation sites is 1. The van der Waals surface area contributed by atoms with Crippen LogP contribution in [0.1, 0.15) is 5.01 Å². The Morgan fingerprint density at radius 3 is 2.84 bits per heavy atom. The van der Waals surface area contributed by atoms with Gasteiger partial charge in [0.1, 0.15) is 11.4 Å². The summed E-state index contributed by atoms with van der Waals surface area (Å²) in [6.07, 6.45) is 2.50. The van der Waals surface area contributed by atoms with Crippen molar-refractivity contribution < 1.29 is 4.92 Å². The second-order valence-electron chi connectivity index (χ2n) is 3.81. The number of nitrogens with zero attached hydrogens (tertiary/aromatic N) is 2. The molecule has 0 amide bonds. The lowest BCUT2D eigenvalue weighted by Gasteiger charge is -2.09. The third-order valence-corrected chi connectivity index (χ3v) is 3.47. The summed E-state index contributed by atoms with van der Waals surface area (Å²) in [5.74, 6) is 0. The first-order chi connectivity index (χ1) is 9.22. The Morgan fingerprint density at radius 2 is 2.21 bits per heavy atom. The van der Waals surface area contributed by atoms with Crippen LogP contribution in [0.25, 0.3) is 0 Å². The molecule has 1 heterocycles. The van der Waals surface area contributed by atoms with Crippen molar-refractivity contribution in [2.75, 3.05) is 24.2 Å². The molecule has 7 heteroatoms. The van der Waals surface area contributed by atoms with Crippen LogP contribution in [0.4, 0.5) is 17.1 Å². The third-order valence-electron chi connectivity index (χ3n) is 2.63. The molecule has 2 rings (SSSR count). The van der Waals surface area contributed by atoms with E-state index >= 15 is 0 Å². The van der Waals surface area contributed by atoms with Gasteiger partial charge in [-0.3, -0.25) is 10.1 Å². The molecular weight excluding hydrogens is 264 g/mol. The van der Waals surface area contributed by atoms with Crippen LogP contribution in [0.2, 0.25) is 0 Å². The monoisotopic (exact) mass is 278 g/mol. The summed E-state index contributed by atoms with van der Waals surface area (Å²) in [7, 11) is 1.67. The van der Waals surface area contributed by atoms with Crippen LogP contribution >= 0.6 is 11.3 Å². The van der Waals surface area contributed by atoms with Gasteiger partial charge in [-0.15, -0.1) is 11.3 Å². The number of thiazole rings is 1. The molecule has 2 N–H and O–H groups in total. The second kappa shape index (κ2) is 6.14. The quantitative estimate of drug-likeness (QED) is 0.627. The number of rotatable bonds is 6. The number of nitro benzene ring substituents is 1. The fourth-order valence-corrected chi connectivity index (χ4v) is 2.39. The SMILES string of the molecule is CNc1cccc(NCCc2nccs2)c1[N+](=O)[O-]. The number of aromatic nitrogens is 1. The van der Waals surface area contributed by atoms with E-state index < -0.39 is 0 Å². The van der Waals surface area contributed by atoms with Crippen molar-refractivity contribution >= 4 is 28.4 Å². The summed E-state index contributed by atoms with van der Waals surface area (Å²) in [6, 6.07) is 5.18. The smallest absolute Gasteiger partial charge is 0.315 e. The molecule has 0 aliphatic carbocycles. The highest BCUT2D eigenvalue weighted by atomic mass is 32.1. The number of anilines is 2. The topological polar surface area (TPSA) is 80.1 Å². The van der Waals surface area contributed by atoms with Crippen LogP contribution in [-0.2, 0) is 6.42 Å². The van der Waals surface area contributed by atoms with E-state index in [2.05, 4.69) is 15.6 Å². The average Bonchev–Trinajstić information content (AvgIpc) is 2.91. The first-order valence-corrected chi connectivity index (χ1v) is 6.67. The Kier molecular flexibility index (Phi) is 4.30. The molecule has 0 aliphatic heterocycles. The number of nitrogens with one attached hydrogen (secondary N) is 2. The van der Waals surface area contributed by atoms with Crippen molar-refractivity contribution in [3.63, 3.8) is 0 Å². The van der Waals surface area contributed by atoms with E-state index in [9.17, 15) is 10.1 Å². The predicted octanol–water partition coefficient (Wildman–Crippen LogP) is 2.75. The molecule has 0 saturated heterocycles. The summed E-state index contributed by atoms with van der Waals surface area (Å²) in [6.45, 7) is 0.613. The number of nitro groups is 1. The molecule has 0 saturated carbocycles. The van der Waals surface area contributed by atoms with Crippen molar-refractivity contribution in [3.05, 3.63) is 44.9 Å². The van der Waals surface area contributed by atoms with Crippen LogP contribution in [0.5, 0.6) is 0 Å². The molecule has 100 valence electrons. The third kappa shape index (κ3) is 3.19. The van der Waals surface area contributed by atoms with E-state index in [0.29, 0.717) is 17.9 Å². The highest BCUT2D eigenvalue weighted by Gasteiger charge is 2.18. The molecule has 2 aromatic rings. The zero-order valence-electron chi connectivity index (χ0n) is 10.4. The van der Waals surface area contributed by atoms with Gasteiger partial charge >= 0.3 is 5.69 Å². The zero-order chi connectivity index (χ0) is 13.7. The molecule has 0 spiro atoms. The first-order valence-electron chi connectivity index (χ1n) is 5.79. The Balaban J connectivity index is 2.09. The lowest BCUT2D eigenvalue weighted by molar-refractivity contribution is -0.383. The number of benzene rings is 1. The van der Waals surface area contributed by atoms with Gasteiger partial charge in [0.05, 0.1) is 9.93 Å². The molecule has 0 bridgehead atoms. The fraction of sp³-hybridized carbons (Fsp3) is 0.250.